The summed E-state index contributed by atoms with van der Waals surface area (Å²) in [7, 11) is 0. The summed E-state index contributed by atoms with van der Waals surface area (Å²) < 4.78 is 5.56. The summed E-state index contributed by atoms with van der Waals surface area (Å²) in [4.78, 5) is 13.1. The lowest BCUT2D eigenvalue weighted by Gasteiger charge is -2.45. The minimum absolute atomic E-state index is 0.0696. The zero-order chi connectivity index (χ0) is 25.8. The van der Waals surface area contributed by atoms with E-state index in [9.17, 15) is 15.0 Å². The highest BCUT2D eigenvalue weighted by Gasteiger charge is 2.52. The SMILES string of the molecule is C=C1C(=CC=C2CCC[C@@]3(C)C2CC[C@@H]3[C@H](C)C(CCC(C)C)C(=O)OCCN)C[C@@H](O)C[C@@H]1O. The Morgan fingerprint density at radius 3 is 2.66 bits per heavy atom. The van der Waals surface area contributed by atoms with Gasteiger partial charge in [0.25, 0.3) is 0 Å². The molecule has 5 nitrogen and oxygen atoms in total. The number of allylic oxidation sites excluding steroid dienone is 3. The molecule has 0 saturated heterocycles. The van der Waals surface area contributed by atoms with Crippen LogP contribution in [0.15, 0.2) is 35.5 Å². The lowest BCUT2D eigenvalue weighted by atomic mass is 9.59. The van der Waals surface area contributed by atoms with Crippen molar-refractivity contribution in [2.75, 3.05) is 13.2 Å². The van der Waals surface area contributed by atoms with E-state index in [-0.39, 0.29) is 23.2 Å². The molecule has 0 spiro atoms. The monoisotopic (exact) mass is 487 g/mol. The van der Waals surface area contributed by atoms with Crippen molar-refractivity contribution in [1.29, 1.82) is 0 Å². The first-order valence-electron chi connectivity index (χ1n) is 13.9. The molecule has 198 valence electrons. The van der Waals surface area contributed by atoms with Gasteiger partial charge in [0.1, 0.15) is 6.61 Å². The van der Waals surface area contributed by atoms with E-state index in [4.69, 9.17) is 10.5 Å². The number of esters is 1. The minimum atomic E-state index is -0.654. The van der Waals surface area contributed by atoms with Crippen LogP contribution in [0.3, 0.4) is 0 Å². The largest absolute Gasteiger partial charge is 0.464 e. The van der Waals surface area contributed by atoms with Gasteiger partial charge < -0.3 is 20.7 Å². The van der Waals surface area contributed by atoms with Gasteiger partial charge in [-0.3, -0.25) is 4.79 Å². The van der Waals surface area contributed by atoms with Crippen LogP contribution in [0, 0.1) is 35.0 Å². The Morgan fingerprint density at radius 2 is 1.97 bits per heavy atom. The maximum atomic E-state index is 13.1. The molecule has 5 heteroatoms. The van der Waals surface area contributed by atoms with Crippen LogP contribution >= 0.6 is 0 Å². The van der Waals surface area contributed by atoms with E-state index in [1.165, 1.54) is 12.0 Å². The molecule has 3 fully saturated rings. The predicted octanol–water partition coefficient (Wildman–Crippen LogP) is 5.32. The third kappa shape index (κ3) is 6.47. The predicted molar refractivity (Wildman–Crippen MR) is 141 cm³/mol. The van der Waals surface area contributed by atoms with Crippen LogP contribution in [-0.2, 0) is 9.53 Å². The van der Waals surface area contributed by atoms with Gasteiger partial charge in [-0.25, -0.2) is 0 Å². The molecule has 3 aliphatic rings. The van der Waals surface area contributed by atoms with Crippen molar-refractivity contribution in [1.82, 2.24) is 0 Å². The first kappa shape index (κ1) is 28.1. The van der Waals surface area contributed by atoms with E-state index >= 15 is 0 Å². The number of hydrogen-bond acceptors (Lipinski definition) is 5. The molecule has 0 heterocycles. The Kier molecular flexibility index (Phi) is 9.82. The van der Waals surface area contributed by atoms with Crippen molar-refractivity contribution < 1.29 is 19.7 Å². The van der Waals surface area contributed by atoms with E-state index < -0.39 is 12.2 Å². The van der Waals surface area contributed by atoms with E-state index in [1.54, 1.807) is 0 Å². The van der Waals surface area contributed by atoms with Crippen molar-refractivity contribution in [3.05, 3.63) is 35.5 Å². The lowest BCUT2D eigenvalue weighted by molar-refractivity contribution is -0.152. The second kappa shape index (κ2) is 12.2. The summed E-state index contributed by atoms with van der Waals surface area (Å²) in [6, 6.07) is 0. The Labute approximate surface area is 212 Å². The summed E-state index contributed by atoms with van der Waals surface area (Å²) in [5.41, 5.74) is 8.97. The maximum Gasteiger partial charge on any atom is 0.309 e. The highest BCUT2D eigenvalue weighted by Crippen LogP contribution is 2.60. The van der Waals surface area contributed by atoms with Crippen LogP contribution in [0.1, 0.15) is 85.5 Å². The number of aliphatic hydroxyl groups is 2. The lowest BCUT2D eigenvalue weighted by Crippen LogP contribution is -2.40. The number of ether oxygens (including phenoxy) is 1. The van der Waals surface area contributed by atoms with Crippen molar-refractivity contribution in [2.24, 2.45) is 40.7 Å². The quantitative estimate of drug-likeness (QED) is 0.383. The molecule has 2 unspecified atom stereocenters. The van der Waals surface area contributed by atoms with Gasteiger partial charge in [0, 0.05) is 13.0 Å². The molecular weight excluding hydrogens is 438 g/mol. The molecule has 0 aromatic carbocycles. The van der Waals surface area contributed by atoms with Gasteiger partial charge in [-0.1, -0.05) is 58.4 Å². The molecule has 0 amide bonds. The average molecular weight is 488 g/mol. The van der Waals surface area contributed by atoms with Crippen LogP contribution < -0.4 is 5.73 Å². The van der Waals surface area contributed by atoms with Gasteiger partial charge in [-0.2, -0.15) is 0 Å². The zero-order valence-corrected chi connectivity index (χ0v) is 22.5. The van der Waals surface area contributed by atoms with Crippen LogP contribution in [0.5, 0.6) is 0 Å². The van der Waals surface area contributed by atoms with Gasteiger partial charge in [0.15, 0.2) is 0 Å². The second-order valence-electron chi connectivity index (χ2n) is 12.1. The summed E-state index contributed by atoms with van der Waals surface area (Å²) in [6.45, 7) is 13.9. The van der Waals surface area contributed by atoms with Crippen molar-refractivity contribution in [2.45, 2.75) is 97.7 Å². The van der Waals surface area contributed by atoms with Gasteiger partial charge in [0.2, 0.25) is 0 Å². The molecule has 0 radical (unpaired) electrons. The van der Waals surface area contributed by atoms with Crippen LogP contribution in [0.4, 0.5) is 0 Å². The van der Waals surface area contributed by atoms with Gasteiger partial charge >= 0.3 is 5.97 Å². The van der Waals surface area contributed by atoms with E-state index in [0.717, 1.165) is 49.7 Å². The summed E-state index contributed by atoms with van der Waals surface area (Å²) in [5.74, 6) is 1.69. The number of fused-ring (bicyclic) bond motifs is 1. The highest BCUT2D eigenvalue weighted by molar-refractivity contribution is 5.72. The fourth-order valence-electron chi connectivity index (χ4n) is 7.26. The summed E-state index contributed by atoms with van der Waals surface area (Å²) in [5, 5.41) is 20.3. The normalized spacial score (nSPS) is 35.4. The van der Waals surface area contributed by atoms with Gasteiger partial charge in [0.05, 0.1) is 18.1 Å². The molecular formula is C30H49NO4. The number of hydrogen-bond donors (Lipinski definition) is 3. The fourth-order valence-corrected chi connectivity index (χ4v) is 7.26. The van der Waals surface area contributed by atoms with Crippen molar-refractivity contribution in [3.63, 3.8) is 0 Å². The average Bonchev–Trinajstić information content (AvgIpc) is 3.16. The molecule has 0 aliphatic heterocycles. The molecule has 4 N–H and O–H groups in total. The first-order chi connectivity index (χ1) is 16.6. The number of nitrogens with two attached hydrogens (primary N) is 1. The molecule has 0 bridgehead atoms. The van der Waals surface area contributed by atoms with Crippen LogP contribution in [-0.4, -0.2) is 41.5 Å². The smallest absolute Gasteiger partial charge is 0.309 e. The van der Waals surface area contributed by atoms with Gasteiger partial charge in [-0.15, -0.1) is 0 Å². The Balaban J connectivity index is 1.80. The molecule has 0 aromatic heterocycles. The zero-order valence-electron chi connectivity index (χ0n) is 22.5. The standard InChI is InChI=1S/C30H49NO4/c1-19(2)8-11-25(29(34)35-16-15-31)21(4)26-12-13-27-22(7-6-14-30(26,27)5)9-10-23-17-24(32)18-28(33)20(23)3/h9-10,19,21,24-28,32-33H,3,6-8,11-18,31H2,1-2,4-5H3/t21-,24-,25?,26-,27?,28+,30-/m1/s1. The van der Waals surface area contributed by atoms with Crippen molar-refractivity contribution in [3.8, 4) is 0 Å². The number of carbonyl (C=O) groups is 1. The van der Waals surface area contributed by atoms with Crippen LogP contribution in [0.25, 0.3) is 0 Å². The Hall–Kier alpha value is -1.43. The maximum absolute atomic E-state index is 13.1. The number of aliphatic hydroxyl groups excluding tert-OH is 2. The second-order valence-corrected chi connectivity index (χ2v) is 12.1. The van der Waals surface area contributed by atoms with E-state index in [1.807, 2.05) is 0 Å². The highest BCUT2D eigenvalue weighted by atomic mass is 16.5. The number of rotatable bonds is 9. The molecule has 3 rings (SSSR count). The summed E-state index contributed by atoms with van der Waals surface area (Å²) >= 11 is 0. The van der Waals surface area contributed by atoms with Gasteiger partial charge in [-0.05, 0) is 85.2 Å². The minimum Gasteiger partial charge on any atom is -0.464 e. The van der Waals surface area contributed by atoms with E-state index in [0.29, 0.717) is 43.7 Å². The third-order valence-electron chi connectivity index (χ3n) is 9.29. The summed E-state index contributed by atoms with van der Waals surface area (Å²) in [6.07, 6.45) is 11.8. The molecule has 7 atom stereocenters. The molecule has 35 heavy (non-hydrogen) atoms. The first-order valence-corrected chi connectivity index (χ1v) is 13.9. The topological polar surface area (TPSA) is 92.8 Å². The van der Waals surface area contributed by atoms with E-state index in [2.05, 4.69) is 46.4 Å². The molecule has 3 saturated carbocycles. The fraction of sp³-hybridized carbons (Fsp3) is 0.767. The Bertz CT molecular complexity index is 815. The number of carbonyl (C=O) groups excluding carboxylic acids is 1. The van der Waals surface area contributed by atoms with Crippen molar-refractivity contribution >= 4 is 5.97 Å². The van der Waals surface area contributed by atoms with Crippen LogP contribution in [0.2, 0.25) is 0 Å². The Morgan fingerprint density at radius 1 is 1.23 bits per heavy atom. The molecule has 0 aromatic rings. The third-order valence-corrected chi connectivity index (χ3v) is 9.29. The molecule has 3 aliphatic carbocycles.